The highest BCUT2D eigenvalue weighted by molar-refractivity contribution is 7.89. The first kappa shape index (κ1) is 19.1. The molecule has 142 valence electrons. The number of aromatic amines is 1. The molecule has 0 aliphatic rings. The van der Waals surface area contributed by atoms with E-state index in [-0.39, 0.29) is 16.6 Å². The second-order valence-electron chi connectivity index (χ2n) is 5.76. The molecular weight excluding hydrogens is 388 g/mol. The Balaban J connectivity index is 1.61. The molecule has 0 bridgehead atoms. The Morgan fingerprint density at radius 3 is 2.67 bits per heavy atom. The molecule has 0 aliphatic heterocycles. The zero-order valence-electron chi connectivity index (χ0n) is 14.6. The molecule has 0 radical (unpaired) electrons. The van der Waals surface area contributed by atoms with Gasteiger partial charge in [0.2, 0.25) is 0 Å². The summed E-state index contributed by atoms with van der Waals surface area (Å²) >= 11 is 1.52. The van der Waals surface area contributed by atoms with Crippen LogP contribution in [0.25, 0.3) is 0 Å². The van der Waals surface area contributed by atoms with Gasteiger partial charge in [-0.1, -0.05) is 6.07 Å². The first-order valence-corrected chi connectivity index (χ1v) is 10.3. The number of hydrogen-bond acceptors (Lipinski definition) is 7. The lowest BCUT2D eigenvalue weighted by Crippen LogP contribution is -2.27. The van der Waals surface area contributed by atoms with Gasteiger partial charge in [-0.25, -0.2) is 18.1 Å². The summed E-state index contributed by atoms with van der Waals surface area (Å²) in [6, 6.07) is 4.06. The van der Waals surface area contributed by atoms with Crippen molar-refractivity contribution < 1.29 is 13.2 Å². The third kappa shape index (κ3) is 4.76. The lowest BCUT2D eigenvalue weighted by Gasteiger charge is -2.13. The van der Waals surface area contributed by atoms with Crippen LogP contribution in [0.4, 0.5) is 0 Å². The van der Waals surface area contributed by atoms with Crippen molar-refractivity contribution in [2.75, 3.05) is 0 Å². The van der Waals surface area contributed by atoms with E-state index < -0.39 is 16.1 Å². The van der Waals surface area contributed by atoms with E-state index in [4.69, 9.17) is 0 Å². The molecule has 27 heavy (non-hydrogen) atoms. The summed E-state index contributed by atoms with van der Waals surface area (Å²) in [6.45, 7) is 3.97. The number of pyridine rings is 1. The summed E-state index contributed by atoms with van der Waals surface area (Å²) in [6.07, 6.45) is 4.63. The number of carbonyl (C=O) groups excluding carboxylic acids is 1. The number of amides is 1. The first-order chi connectivity index (χ1) is 12.8. The van der Waals surface area contributed by atoms with Crippen LogP contribution in [0.3, 0.4) is 0 Å². The third-order valence-corrected chi connectivity index (χ3v) is 6.05. The Hall–Kier alpha value is -2.63. The second-order valence-corrected chi connectivity index (χ2v) is 8.74. The SMILES string of the molecule is Cc1ncc(CNC(=O)c2ccc(C(C)NS(=O)(=O)c3cc[nH]n3)cn2)s1. The summed E-state index contributed by atoms with van der Waals surface area (Å²) in [5.74, 6) is -0.308. The number of rotatable bonds is 7. The summed E-state index contributed by atoms with van der Waals surface area (Å²) in [4.78, 5) is 21.4. The molecule has 1 amide bonds. The Morgan fingerprint density at radius 1 is 1.26 bits per heavy atom. The zero-order chi connectivity index (χ0) is 19.4. The average Bonchev–Trinajstić information content (AvgIpc) is 3.31. The number of aromatic nitrogens is 4. The van der Waals surface area contributed by atoms with Gasteiger partial charge in [0, 0.05) is 29.5 Å². The molecule has 0 saturated carbocycles. The highest BCUT2D eigenvalue weighted by Crippen LogP contribution is 2.15. The van der Waals surface area contributed by atoms with Crippen molar-refractivity contribution in [2.24, 2.45) is 0 Å². The minimum absolute atomic E-state index is 0.0865. The van der Waals surface area contributed by atoms with Gasteiger partial charge in [0.15, 0.2) is 5.03 Å². The normalized spacial score (nSPS) is 12.7. The van der Waals surface area contributed by atoms with E-state index in [0.717, 1.165) is 9.88 Å². The van der Waals surface area contributed by atoms with Crippen LogP contribution in [0.5, 0.6) is 0 Å². The molecule has 3 N–H and O–H groups in total. The van der Waals surface area contributed by atoms with Gasteiger partial charge in [0.25, 0.3) is 15.9 Å². The van der Waals surface area contributed by atoms with Crippen LogP contribution in [0.15, 0.2) is 41.8 Å². The van der Waals surface area contributed by atoms with Crippen LogP contribution in [0.1, 0.15) is 38.9 Å². The number of aryl methyl sites for hydroxylation is 1. The summed E-state index contributed by atoms with van der Waals surface area (Å²) in [5, 5.41) is 9.77. The fourth-order valence-corrected chi connectivity index (χ4v) is 4.18. The van der Waals surface area contributed by atoms with Gasteiger partial charge in [0.1, 0.15) is 5.69 Å². The molecule has 3 aromatic rings. The van der Waals surface area contributed by atoms with Crippen LogP contribution in [-0.4, -0.2) is 34.5 Å². The molecule has 9 nitrogen and oxygen atoms in total. The van der Waals surface area contributed by atoms with Crippen molar-refractivity contribution in [3.05, 3.63) is 57.9 Å². The Kier molecular flexibility index (Phi) is 5.63. The van der Waals surface area contributed by atoms with E-state index in [2.05, 4.69) is 30.2 Å². The lowest BCUT2D eigenvalue weighted by atomic mass is 10.1. The van der Waals surface area contributed by atoms with Crippen LogP contribution in [0, 0.1) is 6.92 Å². The lowest BCUT2D eigenvalue weighted by molar-refractivity contribution is 0.0946. The molecule has 0 spiro atoms. The number of carbonyl (C=O) groups is 1. The predicted octanol–water partition coefficient (Wildman–Crippen LogP) is 1.54. The molecular formula is C16H18N6O3S2. The van der Waals surface area contributed by atoms with Crippen molar-refractivity contribution in [1.82, 2.24) is 30.2 Å². The van der Waals surface area contributed by atoms with E-state index in [0.29, 0.717) is 12.1 Å². The van der Waals surface area contributed by atoms with Gasteiger partial charge < -0.3 is 5.32 Å². The summed E-state index contributed by atoms with van der Waals surface area (Å²) in [7, 11) is -3.73. The van der Waals surface area contributed by atoms with E-state index in [9.17, 15) is 13.2 Å². The number of hydrogen-bond donors (Lipinski definition) is 3. The highest BCUT2D eigenvalue weighted by atomic mass is 32.2. The Labute approximate surface area is 160 Å². The Bertz CT molecular complexity index is 1010. The molecule has 0 saturated heterocycles. The largest absolute Gasteiger partial charge is 0.346 e. The quantitative estimate of drug-likeness (QED) is 0.546. The molecule has 0 aliphatic carbocycles. The topological polar surface area (TPSA) is 130 Å². The van der Waals surface area contributed by atoms with E-state index in [1.165, 1.54) is 29.8 Å². The van der Waals surface area contributed by atoms with Gasteiger partial charge in [0.05, 0.1) is 11.6 Å². The highest BCUT2D eigenvalue weighted by Gasteiger charge is 2.20. The van der Waals surface area contributed by atoms with Gasteiger partial charge in [-0.2, -0.15) is 5.10 Å². The van der Waals surface area contributed by atoms with Crippen LogP contribution < -0.4 is 10.0 Å². The fraction of sp³-hybridized carbons (Fsp3) is 0.250. The van der Waals surface area contributed by atoms with Crippen LogP contribution in [0.2, 0.25) is 0 Å². The third-order valence-electron chi connectivity index (χ3n) is 3.69. The Morgan fingerprint density at radius 2 is 2.07 bits per heavy atom. The maximum atomic E-state index is 12.2. The standard InChI is InChI=1S/C16H18N6O3S2/c1-10(22-27(24,25)15-5-6-20-21-15)12-3-4-14(18-7-12)16(23)19-9-13-8-17-11(2)26-13/h3-8,10,22H,9H2,1-2H3,(H,19,23)(H,20,21). The van der Waals surface area contributed by atoms with Crippen molar-refractivity contribution in [2.45, 2.75) is 31.5 Å². The van der Waals surface area contributed by atoms with Crippen LogP contribution >= 0.6 is 11.3 Å². The van der Waals surface area contributed by atoms with Crippen molar-refractivity contribution in [1.29, 1.82) is 0 Å². The smallest absolute Gasteiger partial charge is 0.270 e. The monoisotopic (exact) mass is 406 g/mol. The van der Waals surface area contributed by atoms with Crippen molar-refractivity contribution in [3.63, 3.8) is 0 Å². The average molecular weight is 406 g/mol. The predicted molar refractivity (Wildman–Crippen MR) is 99.6 cm³/mol. The van der Waals surface area contributed by atoms with Gasteiger partial charge in [-0.05, 0) is 31.5 Å². The molecule has 11 heteroatoms. The second kappa shape index (κ2) is 7.94. The number of nitrogens with zero attached hydrogens (tertiary/aromatic N) is 3. The first-order valence-electron chi connectivity index (χ1n) is 8.03. The number of sulfonamides is 1. The summed E-state index contributed by atoms with van der Waals surface area (Å²) in [5.41, 5.74) is 0.881. The zero-order valence-corrected chi connectivity index (χ0v) is 16.3. The van der Waals surface area contributed by atoms with Gasteiger partial charge in [-0.3, -0.25) is 14.9 Å². The van der Waals surface area contributed by atoms with Crippen LogP contribution in [-0.2, 0) is 16.6 Å². The molecule has 3 aromatic heterocycles. The number of nitrogens with one attached hydrogen (secondary N) is 3. The molecule has 1 unspecified atom stereocenters. The molecule has 0 aromatic carbocycles. The molecule has 3 rings (SSSR count). The number of thiazole rings is 1. The van der Waals surface area contributed by atoms with Gasteiger partial charge >= 0.3 is 0 Å². The summed E-state index contributed by atoms with van der Waals surface area (Å²) < 4.78 is 26.9. The number of H-pyrrole nitrogens is 1. The van der Waals surface area contributed by atoms with Gasteiger partial charge in [-0.15, -0.1) is 11.3 Å². The van der Waals surface area contributed by atoms with E-state index >= 15 is 0 Å². The molecule has 3 heterocycles. The van der Waals surface area contributed by atoms with Crippen molar-refractivity contribution in [3.8, 4) is 0 Å². The molecule has 1 atom stereocenters. The van der Waals surface area contributed by atoms with E-state index in [1.54, 1.807) is 25.3 Å². The maximum Gasteiger partial charge on any atom is 0.270 e. The maximum absolute atomic E-state index is 12.2. The molecule has 0 fully saturated rings. The minimum Gasteiger partial charge on any atom is -0.346 e. The minimum atomic E-state index is -3.73. The van der Waals surface area contributed by atoms with E-state index in [1.807, 2.05) is 6.92 Å². The van der Waals surface area contributed by atoms with Crippen molar-refractivity contribution >= 4 is 27.3 Å². The fourth-order valence-electron chi connectivity index (χ4n) is 2.30.